The number of ether oxygens (including phenoxy) is 2. The van der Waals surface area contributed by atoms with Crippen LogP contribution in [-0.4, -0.2) is 45.8 Å². The first-order valence-corrected chi connectivity index (χ1v) is 7.31. The number of hydrogen-bond acceptors (Lipinski definition) is 4. The predicted molar refractivity (Wildman–Crippen MR) is 83.8 cm³/mol. The van der Waals surface area contributed by atoms with Crippen LogP contribution < -0.4 is 14.8 Å². The van der Waals surface area contributed by atoms with Crippen LogP contribution in [0.25, 0.3) is 0 Å². The van der Waals surface area contributed by atoms with Gasteiger partial charge in [-0.25, -0.2) is 0 Å². The van der Waals surface area contributed by atoms with E-state index < -0.39 is 0 Å². The number of methoxy groups -OCH3 is 2. The first-order valence-electron chi connectivity index (χ1n) is 7.31. The summed E-state index contributed by atoms with van der Waals surface area (Å²) in [6, 6.07) is 6.46. The lowest BCUT2D eigenvalue weighted by Crippen LogP contribution is -2.28. The molecule has 0 radical (unpaired) electrons. The average molecular weight is 280 g/mol. The van der Waals surface area contributed by atoms with Crippen molar-refractivity contribution in [2.24, 2.45) is 0 Å². The summed E-state index contributed by atoms with van der Waals surface area (Å²) in [5, 5.41) is 3.39. The minimum absolute atomic E-state index is 0.329. The molecule has 0 saturated carbocycles. The summed E-state index contributed by atoms with van der Waals surface area (Å²) >= 11 is 0. The van der Waals surface area contributed by atoms with Crippen molar-refractivity contribution >= 4 is 0 Å². The number of rotatable bonds is 9. The summed E-state index contributed by atoms with van der Waals surface area (Å²) in [7, 11) is 5.34. The molecule has 0 bridgehead atoms. The third-order valence-corrected chi connectivity index (χ3v) is 3.79. The van der Waals surface area contributed by atoms with Gasteiger partial charge >= 0.3 is 0 Å². The van der Waals surface area contributed by atoms with Crippen molar-refractivity contribution in [3.63, 3.8) is 0 Å². The van der Waals surface area contributed by atoms with Gasteiger partial charge in [0.1, 0.15) is 0 Å². The number of hydrogen-bond donors (Lipinski definition) is 1. The molecule has 1 atom stereocenters. The second-order valence-electron chi connectivity index (χ2n) is 4.77. The van der Waals surface area contributed by atoms with Gasteiger partial charge in [0.05, 0.1) is 14.2 Å². The molecule has 0 aromatic heterocycles. The lowest BCUT2D eigenvalue weighted by Gasteiger charge is -2.23. The first-order chi connectivity index (χ1) is 9.69. The topological polar surface area (TPSA) is 33.7 Å². The highest BCUT2D eigenvalue weighted by molar-refractivity contribution is 5.43. The van der Waals surface area contributed by atoms with Crippen molar-refractivity contribution in [1.29, 1.82) is 0 Å². The Bertz CT molecular complexity index is 392. The Morgan fingerprint density at radius 3 is 2.25 bits per heavy atom. The molecule has 0 aliphatic rings. The summed E-state index contributed by atoms with van der Waals surface area (Å²) < 4.78 is 10.7. The summed E-state index contributed by atoms with van der Waals surface area (Å²) in [4.78, 5) is 2.44. The fraction of sp³-hybridized carbons (Fsp3) is 0.625. The van der Waals surface area contributed by atoms with Crippen LogP contribution in [0.1, 0.15) is 31.9 Å². The lowest BCUT2D eigenvalue weighted by molar-refractivity contribution is 0.284. The van der Waals surface area contributed by atoms with Gasteiger partial charge in [-0.05, 0) is 50.8 Å². The highest BCUT2D eigenvalue weighted by atomic mass is 16.5. The molecule has 1 aromatic rings. The Hall–Kier alpha value is -1.26. The molecular weight excluding hydrogens is 252 g/mol. The molecule has 0 fully saturated rings. The van der Waals surface area contributed by atoms with E-state index in [0.29, 0.717) is 6.04 Å². The second kappa shape index (κ2) is 8.82. The maximum absolute atomic E-state index is 5.38. The van der Waals surface area contributed by atoms with Gasteiger partial charge in [-0.2, -0.15) is 0 Å². The van der Waals surface area contributed by atoms with E-state index in [9.17, 15) is 0 Å². The zero-order valence-corrected chi connectivity index (χ0v) is 13.4. The number of nitrogens with one attached hydrogen (secondary N) is 1. The van der Waals surface area contributed by atoms with E-state index in [0.717, 1.165) is 37.6 Å². The molecule has 0 aliphatic carbocycles. The van der Waals surface area contributed by atoms with Gasteiger partial charge in [0, 0.05) is 6.04 Å². The molecule has 20 heavy (non-hydrogen) atoms. The monoisotopic (exact) mass is 280 g/mol. The molecule has 1 aromatic carbocycles. The molecule has 1 unspecified atom stereocenters. The summed E-state index contributed by atoms with van der Waals surface area (Å²) in [6.07, 6.45) is 1.08. The molecule has 0 saturated heterocycles. The minimum atomic E-state index is 0.329. The predicted octanol–water partition coefficient (Wildman–Crippen LogP) is 2.70. The first kappa shape index (κ1) is 16.8. The Morgan fingerprint density at radius 2 is 1.75 bits per heavy atom. The Kier molecular flexibility index (Phi) is 7.41. The van der Waals surface area contributed by atoms with Crippen LogP contribution in [0.4, 0.5) is 0 Å². The van der Waals surface area contributed by atoms with Crippen LogP contribution in [0, 0.1) is 0 Å². The third-order valence-electron chi connectivity index (χ3n) is 3.79. The Morgan fingerprint density at radius 1 is 1.10 bits per heavy atom. The van der Waals surface area contributed by atoms with E-state index in [1.165, 1.54) is 5.56 Å². The Labute approximate surface area is 123 Å². The molecule has 1 N–H and O–H groups in total. The van der Waals surface area contributed by atoms with Crippen molar-refractivity contribution < 1.29 is 9.47 Å². The van der Waals surface area contributed by atoms with Crippen molar-refractivity contribution in [2.75, 3.05) is 40.9 Å². The standard InChI is InChI=1S/C16H28N2O2/c1-6-18(7-2)11-10-14(17-3)13-8-9-15(19-4)16(12-13)20-5/h8-9,12,14,17H,6-7,10-11H2,1-5H3. The lowest BCUT2D eigenvalue weighted by atomic mass is 10.0. The number of benzene rings is 1. The summed E-state index contributed by atoms with van der Waals surface area (Å²) in [6.45, 7) is 7.69. The summed E-state index contributed by atoms with van der Waals surface area (Å²) in [5.41, 5.74) is 1.23. The van der Waals surface area contributed by atoms with Gasteiger partial charge in [-0.3, -0.25) is 0 Å². The van der Waals surface area contributed by atoms with E-state index >= 15 is 0 Å². The fourth-order valence-electron chi connectivity index (χ4n) is 2.40. The number of nitrogens with zero attached hydrogens (tertiary/aromatic N) is 1. The van der Waals surface area contributed by atoms with E-state index in [-0.39, 0.29) is 0 Å². The van der Waals surface area contributed by atoms with Gasteiger partial charge in [0.2, 0.25) is 0 Å². The largest absolute Gasteiger partial charge is 0.493 e. The van der Waals surface area contributed by atoms with Crippen molar-refractivity contribution in [3.05, 3.63) is 23.8 Å². The van der Waals surface area contributed by atoms with E-state index in [2.05, 4.69) is 36.2 Å². The van der Waals surface area contributed by atoms with Crippen molar-refractivity contribution in [3.8, 4) is 11.5 Å². The van der Waals surface area contributed by atoms with Crippen LogP contribution in [-0.2, 0) is 0 Å². The maximum atomic E-state index is 5.38. The molecule has 1 rings (SSSR count). The SMILES string of the molecule is CCN(CC)CCC(NC)c1ccc(OC)c(OC)c1. The maximum Gasteiger partial charge on any atom is 0.161 e. The summed E-state index contributed by atoms with van der Waals surface area (Å²) in [5.74, 6) is 1.56. The minimum Gasteiger partial charge on any atom is -0.493 e. The van der Waals surface area contributed by atoms with Gasteiger partial charge < -0.3 is 19.7 Å². The fourth-order valence-corrected chi connectivity index (χ4v) is 2.40. The van der Waals surface area contributed by atoms with Crippen LogP contribution in [0.15, 0.2) is 18.2 Å². The smallest absolute Gasteiger partial charge is 0.161 e. The van der Waals surface area contributed by atoms with E-state index in [1.54, 1.807) is 14.2 Å². The highest BCUT2D eigenvalue weighted by Crippen LogP contribution is 2.30. The zero-order valence-electron chi connectivity index (χ0n) is 13.4. The van der Waals surface area contributed by atoms with Gasteiger partial charge in [-0.15, -0.1) is 0 Å². The van der Waals surface area contributed by atoms with Gasteiger partial charge in [0.15, 0.2) is 11.5 Å². The van der Waals surface area contributed by atoms with E-state index in [1.807, 2.05) is 13.1 Å². The molecule has 0 aliphatic heterocycles. The van der Waals surface area contributed by atoms with E-state index in [4.69, 9.17) is 9.47 Å². The molecule has 4 nitrogen and oxygen atoms in total. The molecule has 0 amide bonds. The molecular formula is C16H28N2O2. The van der Waals surface area contributed by atoms with Gasteiger partial charge in [-0.1, -0.05) is 19.9 Å². The third kappa shape index (κ3) is 4.39. The van der Waals surface area contributed by atoms with Crippen LogP contribution >= 0.6 is 0 Å². The molecule has 0 spiro atoms. The molecule has 0 heterocycles. The Balaban J connectivity index is 2.79. The van der Waals surface area contributed by atoms with Crippen LogP contribution in [0.5, 0.6) is 11.5 Å². The van der Waals surface area contributed by atoms with Crippen molar-refractivity contribution in [1.82, 2.24) is 10.2 Å². The quantitative estimate of drug-likeness (QED) is 0.754. The van der Waals surface area contributed by atoms with Crippen LogP contribution in [0.3, 0.4) is 0 Å². The highest BCUT2D eigenvalue weighted by Gasteiger charge is 2.13. The average Bonchev–Trinajstić information content (AvgIpc) is 2.51. The second-order valence-corrected chi connectivity index (χ2v) is 4.77. The normalized spacial score (nSPS) is 12.5. The molecule has 4 heteroatoms. The van der Waals surface area contributed by atoms with Crippen LogP contribution in [0.2, 0.25) is 0 Å². The zero-order chi connectivity index (χ0) is 15.0. The van der Waals surface area contributed by atoms with Crippen molar-refractivity contribution in [2.45, 2.75) is 26.3 Å². The molecule has 114 valence electrons. The van der Waals surface area contributed by atoms with Gasteiger partial charge in [0.25, 0.3) is 0 Å².